The Kier molecular flexibility index (Phi) is 6.59. The van der Waals surface area contributed by atoms with Gasteiger partial charge in [-0.3, -0.25) is 4.79 Å². The molecule has 0 bridgehead atoms. The van der Waals surface area contributed by atoms with E-state index in [2.05, 4.69) is 4.90 Å². The summed E-state index contributed by atoms with van der Waals surface area (Å²) in [6, 6.07) is 3.77. The number of aliphatic hydroxyl groups is 1. The third kappa shape index (κ3) is 4.80. The second-order valence-electron chi connectivity index (χ2n) is 7.61. The number of rotatable bonds is 6. The van der Waals surface area contributed by atoms with Crippen molar-refractivity contribution >= 4 is 5.91 Å². The van der Waals surface area contributed by atoms with E-state index in [4.69, 9.17) is 0 Å². The molecule has 0 aliphatic carbocycles. The van der Waals surface area contributed by atoms with Gasteiger partial charge in [0.1, 0.15) is 0 Å². The molecule has 2 fully saturated rings. The Morgan fingerprint density at radius 2 is 1.81 bits per heavy atom. The van der Waals surface area contributed by atoms with Crippen molar-refractivity contribution in [2.24, 2.45) is 11.8 Å². The first kappa shape index (κ1) is 19.2. The third-order valence-corrected chi connectivity index (χ3v) is 5.72. The molecule has 26 heavy (non-hydrogen) atoms. The van der Waals surface area contributed by atoms with Gasteiger partial charge in [-0.25, -0.2) is 8.78 Å². The average molecular weight is 366 g/mol. The lowest BCUT2D eigenvalue weighted by molar-refractivity contribution is -0.130. The Morgan fingerprint density at radius 3 is 2.50 bits per heavy atom. The first-order valence-electron chi connectivity index (χ1n) is 9.61. The molecule has 144 valence electrons. The van der Waals surface area contributed by atoms with Crippen LogP contribution in [0, 0.1) is 23.5 Å². The second kappa shape index (κ2) is 8.91. The number of nitrogens with zero attached hydrogens (tertiary/aromatic N) is 2. The summed E-state index contributed by atoms with van der Waals surface area (Å²) in [5.74, 6) is -1.28. The predicted octanol–water partition coefficient (Wildman–Crippen LogP) is 2.45. The summed E-state index contributed by atoms with van der Waals surface area (Å²) >= 11 is 0. The van der Waals surface area contributed by atoms with Crippen LogP contribution in [0.5, 0.6) is 0 Å². The lowest BCUT2D eigenvalue weighted by Crippen LogP contribution is -2.37. The molecule has 2 aliphatic rings. The Labute approximate surface area is 153 Å². The zero-order valence-corrected chi connectivity index (χ0v) is 15.2. The van der Waals surface area contributed by atoms with Crippen molar-refractivity contribution in [3.05, 3.63) is 35.4 Å². The number of carbonyl (C=O) groups is 1. The molecule has 6 heteroatoms. The van der Waals surface area contributed by atoms with Gasteiger partial charge in [-0.05, 0) is 56.0 Å². The minimum absolute atomic E-state index is 0.0225. The van der Waals surface area contributed by atoms with E-state index in [0.717, 1.165) is 31.8 Å². The molecule has 2 atom stereocenters. The molecule has 2 aliphatic heterocycles. The van der Waals surface area contributed by atoms with E-state index in [1.165, 1.54) is 25.3 Å². The van der Waals surface area contributed by atoms with E-state index >= 15 is 0 Å². The highest BCUT2D eigenvalue weighted by Gasteiger charge is 2.35. The first-order chi connectivity index (χ1) is 12.6. The highest BCUT2D eigenvalue weighted by atomic mass is 19.2. The van der Waals surface area contributed by atoms with Crippen LogP contribution >= 0.6 is 0 Å². The summed E-state index contributed by atoms with van der Waals surface area (Å²) in [5.41, 5.74) is 0.625. The molecule has 1 aromatic carbocycles. The zero-order chi connectivity index (χ0) is 18.5. The van der Waals surface area contributed by atoms with Gasteiger partial charge in [0.25, 0.3) is 0 Å². The maximum atomic E-state index is 13.3. The van der Waals surface area contributed by atoms with E-state index in [1.807, 2.05) is 4.90 Å². The van der Waals surface area contributed by atoms with Crippen molar-refractivity contribution in [1.82, 2.24) is 9.80 Å². The van der Waals surface area contributed by atoms with Gasteiger partial charge in [-0.15, -0.1) is 0 Å². The fourth-order valence-corrected chi connectivity index (χ4v) is 4.13. The SMILES string of the molecule is O=C(CCc1ccc(F)c(F)c1)N1C[C@@H](CN2CCCCC2)[C@@H](CO)C1. The number of hydrogen-bond acceptors (Lipinski definition) is 3. The van der Waals surface area contributed by atoms with Crippen LogP contribution in [-0.4, -0.2) is 60.1 Å². The van der Waals surface area contributed by atoms with E-state index in [9.17, 15) is 18.7 Å². The number of carbonyl (C=O) groups excluding carboxylic acids is 1. The smallest absolute Gasteiger partial charge is 0.222 e. The molecule has 2 heterocycles. The standard InChI is InChI=1S/C20H28F2N2O2/c21-18-6-4-15(10-19(18)22)5-7-20(26)24-12-16(17(13-24)14-25)11-23-8-2-1-3-9-23/h4,6,10,16-17,25H,1-3,5,7-9,11-14H2/t16-,17-/m1/s1. The number of amides is 1. The van der Waals surface area contributed by atoms with Gasteiger partial charge < -0.3 is 14.9 Å². The number of aryl methyl sites for hydroxylation is 1. The Balaban J connectivity index is 1.51. The van der Waals surface area contributed by atoms with Crippen molar-refractivity contribution in [3.8, 4) is 0 Å². The van der Waals surface area contributed by atoms with Crippen LogP contribution < -0.4 is 0 Å². The molecule has 1 amide bonds. The quantitative estimate of drug-likeness (QED) is 0.841. The van der Waals surface area contributed by atoms with Gasteiger partial charge in [-0.2, -0.15) is 0 Å². The highest BCUT2D eigenvalue weighted by molar-refractivity contribution is 5.76. The van der Waals surface area contributed by atoms with E-state index in [1.54, 1.807) is 0 Å². The average Bonchev–Trinajstić information content (AvgIpc) is 3.06. The van der Waals surface area contributed by atoms with Crippen LogP contribution in [0.2, 0.25) is 0 Å². The van der Waals surface area contributed by atoms with Crippen LogP contribution in [-0.2, 0) is 11.2 Å². The molecular weight excluding hydrogens is 338 g/mol. The molecule has 1 aromatic rings. The first-order valence-corrected chi connectivity index (χ1v) is 9.61. The number of benzene rings is 1. The van der Waals surface area contributed by atoms with Gasteiger partial charge in [0, 0.05) is 38.6 Å². The minimum atomic E-state index is -0.877. The number of hydrogen-bond donors (Lipinski definition) is 1. The van der Waals surface area contributed by atoms with Crippen molar-refractivity contribution < 1.29 is 18.7 Å². The van der Waals surface area contributed by atoms with Gasteiger partial charge in [0.15, 0.2) is 11.6 Å². The van der Waals surface area contributed by atoms with Gasteiger partial charge in [-0.1, -0.05) is 12.5 Å². The maximum absolute atomic E-state index is 13.3. The zero-order valence-electron chi connectivity index (χ0n) is 15.2. The summed E-state index contributed by atoms with van der Waals surface area (Å²) in [7, 11) is 0. The summed E-state index contributed by atoms with van der Waals surface area (Å²) < 4.78 is 26.3. The monoisotopic (exact) mass is 366 g/mol. The lowest BCUT2D eigenvalue weighted by Gasteiger charge is -2.30. The Hall–Kier alpha value is -1.53. The van der Waals surface area contributed by atoms with Crippen molar-refractivity contribution in [2.45, 2.75) is 32.1 Å². The number of halogens is 2. The second-order valence-corrected chi connectivity index (χ2v) is 7.61. The summed E-state index contributed by atoms with van der Waals surface area (Å²) in [6.45, 7) is 4.53. The van der Waals surface area contributed by atoms with Gasteiger partial charge in [0.05, 0.1) is 0 Å². The molecule has 0 spiro atoms. The molecule has 2 saturated heterocycles. The molecule has 0 unspecified atom stereocenters. The molecule has 4 nitrogen and oxygen atoms in total. The van der Waals surface area contributed by atoms with E-state index < -0.39 is 11.6 Å². The molecule has 0 aromatic heterocycles. The fourth-order valence-electron chi connectivity index (χ4n) is 4.13. The highest BCUT2D eigenvalue weighted by Crippen LogP contribution is 2.26. The number of aliphatic hydroxyl groups excluding tert-OH is 1. The molecular formula is C20H28F2N2O2. The van der Waals surface area contributed by atoms with Crippen molar-refractivity contribution in [1.29, 1.82) is 0 Å². The molecule has 1 N–H and O–H groups in total. The topological polar surface area (TPSA) is 43.8 Å². The molecule has 0 radical (unpaired) electrons. The van der Waals surface area contributed by atoms with Crippen LogP contribution in [0.15, 0.2) is 18.2 Å². The van der Waals surface area contributed by atoms with E-state index in [0.29, 0.717) is 31.0 Å². The van der Waals surface area contributed by atoms with Crippen LogP contribution in [0.25, 0.3) is 0 Å². The van der Waals surface area contributed by atoms with Crippen LogP contribution in [0.4, 0.5) is 8.78 Å². The molecule has 3 rings (SSSR count). The summed E-state index contributed by atoms with van der Waals surface area (Å²) in [5, 5.41) is 9.70. The number of piperidine rings is 1. The number of likely N-dealkylation sites (tertiary alicyclic amines) is 2. The Morgan fingerprint density at radius 1 is 1.08 bits per heavy atom. The predicted molar refractivity (Wildman–Crippen MR) is 95.6 cm³/mol. The van der Waals surface area contributed by atoms with Crippen molar-refractivity contribution in [2.75, 3.05) is 39.3 Å². The Bertz CT molecular complexity index is 620. The summed E-state index contributed by atoms with van der Waals surface area (Å²) in [4.78, 5) is 16.8. The summed E-state index contributed by atoms with van der Waals surface area (Å²) in [6.07, 6.45) is 4.42. The van der Waals surface area contributed by atoms with Gasteiger partial charge >= 0.3 is 0 Å². The lowest BCUT2D eigenvalue weighted by atomic mass is 9.95. The largest absolute Gasteiger partial charge is 0.396 e. The third-order valence-electron chi connectivity index (χ3n) is 5.72. The minimum Gasteiger partial charge on any atom is -0.396 e. The van der Waals surface area contributed by atoms with Gasteiger partial charge in [0.2, 0.25) is 5.91 Å². The van der Waals surface area contributed by atoms with Crippen molar-refractivity contribution in [3.63, 3.8) is 0 Å². The van der Waals surface area contributed by atoms with Crippen LogP contribution in [0.1, 0.15) is 31.2 Å². The maximum Gasteiger partial charge on any atom is 0.222 e. The normalized spacial score (nSPS) is 24.2. The van der Waals surface area contributed by atoms with E-state index in [-0.39, 0.29) is 24.9 Å². The van der Waals surface area contributed by atoms with Crippen LogP contribution in [0.3, 0.4) is 0 Å². The fraction of sp³-hybridized carbons (Fsp3) is 0.650. The molecule has 0 saturated carbocycles.